The highest BCUT2D eigenvalue weighted by atomic mass is 19.1. The van der Waals surface area contributed by atoms with Crippen molar-refractivity contribution in [3.63, 3.8) is 0 Å². The molecule has 0 unspecified atom stereocenters. The van der Waals surface area contributed by atoms with Crippen LogP contribution < -0.4 is 5.32 Å². The summed E-state index contributed by atoms with van der Waals surface area (Å²) in [4.78, 5) is 22.7. The van der Waals surface area contributed by atoms with E-state index in [-0.39, 0.29) is 16.9 Å². The number of carbonyl (C=O) groups excluding carboxylic acids is 1. The van der Waals surface area contributed by atoms with Crippen LogP contribution in [0, 0.1) is 5.82 Å². The van der Waals surface area contributed by atoms with Gasteiger partial charge in [-0.25, -0.2) is 9.18 Å². The van der Waals surface area contributed by atoms with E-state index in [0.29, 0.717) is 0 Å². The molecule has 0 saturated carbocycles. The third-order valence-electron chi connectivity index (χ3n) is 2.30. The summed E-state index contributed by atoms with van der Waals surface area (Å²) in [6.45, 7) is 0. The number of carboxylic acids is 1. The third-order valence-corrected chi connectivity index (χ3v) is 2.30. The fourth-order valence-corrected chi connectivity index (χ4v) is 1.44. The highest BCUT2D eigenvalue weighted by Crippen LogP contribution is 2.17. The van der Waals surface area contributed by atoms with Crippen molar-refractivity contribution in [1.82, 2.24) is 15.0 Å². The first-order chi connectivity index (χ1) is 8.97. The first kappa shape index (κ1) is 12.7. The van der Waals surface area contributed by atoms with Crippen LogP contribution >= 0.6 is 0 Å². The molecule has 1 heterocycles. The lowest BCUT2D eigenvalue weighted by Crippen LogP contribution is -2.15. The Morgan fingerprint density at radius 3 is 2.74 bits per heavy atom. The monoisotopic (exact) mass is 264 g/mol. The van der Waals surface area contributed by atoms with Crippen molar-refractivity contribution in [2.45, 2.75) is 0 Å². The maximum absolute atomic E-state index is 13.0. The predicted molar refractivity (Wildman–Crippen MR) is 62.3 cm³/mol. The summed E-state index contributed by atoms with van der Waals surface area (Å²) < 4.78 is 14.3. The van der Waals surface area contributed by atoms with Crippen LogP contribution in [0.5, 0.6) is 0 Å². The molecule has 0 aliphatic carbocycles. The zero-order valence-corrected chi connectivity index (χ0v) is 9.79. The van der Waals surface area contributed by atoms with E-state index in [4.69, 9.17) is 5.11 Å². The van der Waals surface area contributed by atoms with Crippen LogP contribution in [-0.4, -0.2) is 32.0 Å². The van der Waals surface area contributed by atoms with E-state index < -0.39 is 17.7 Å². The maximum Gasteiger partial charge on any atom is 0.337 e. The Morgan fingerprint density at radius 2 is 2.16 bits per heavy atom. The number of carbonyl (C=O) groups is 2. The Hall–Kier alpha value is -2.77. The summed E-state index contributed by atoms with van der Waals surface area (Å²) >= 11 is 0. The number of rotatable bonds is 3. The van der Waals surface area contributed by atoms with Crippen molar-refractivity contribution in [2.24, 2.45) is 7.05 Å². The number of hydrogen-bond acceptors (Lipinski definition) is 4. The van der Waals surface area contributed by atoms with Crippen molar-refractivity contribution in [1.29, 1.82) is 0 Å². The molecule has 2 aromatic rings. The van der Waals surface area contributed by atoms with E-state index in [0.717, 1.165) is 12.1 Å². The normalized spacial score (nSPS) is 10.2. The summed E-state index contributed by atoms with van der Waals surface area (Å²) in [5, 5.41) is 18.4. The quantitative estimate of drug-likeness (QED) is 0.858. The molecule has 98 valence electrons. The van der Waals surface area contributed by atoms with Gasteiger partial charge in [0.2, 0.25) is 0 Å². The zero-order chi connectivity index (χ0) is 14.0. The van der Waals surface area contributed by atoms with Crippen molar-refractivity contribution >= 4 is 17.6 Å². The molecule has 0 aliphatic heterocycles. The van der Waals surface area contributed by atoms with E-state index in [1.165, 1.54) is 16.9 Å². The molecule has 0 aliphatic rings. The SMILES string of the molecule is Cn1cc(C(=O)Nc2ccc(F)cc2C(=O)O)nn1. The third kappa shape index (κ3) is 2.73. The average Bonchev–Trinajstić information content (AvgIpc) is 2.78. The van der Waals surface area contributed by atoms with Gasteiger partial charge in [-0.1, -0.05) is 5.21 Å². The van der Waals surface area contributed by atoms with Crippen LogP contribution in [0.15, 0.2) is 24.4 Å². The van der Waals surface area contributed by atoms with Crippen molar-refractivity contribution in [2.75, 3.05) is 5.32 Å². The van der Waals surface area contributed by atoms with Gasteiger partial charge in [0.25, 0.3) is 5.91 Å². The van der Waals surface area contributed by atoms with Gasteiger partial charge in [0.15, 0.2) is 5.69 Å². The molecule has 2 rings (SSSR count). The average molecular weight is 264 g/mol. The molecule has 0 radical (unpaired) electrons. The van der Waals surface area contributed by atoms with E-state index in [2.05, 4.69) is 15.6 Å². The minimum atomic E-state index is -1.34. The van der Waals surface area contributed by atoms with Crippen LogP contribution in [0.2, 0.25) is 0 Å². The molecule has 0 atom stereocenters. The number of amides is 1. The lowest BCUT2D eigenvalue weighted by molar-refractivity contribution is 0.0697. The molecule has 19 heavy (non-hydrogen) atoms. The molecule has 7 nitrogen and oxygen atoms in total. The van der Waals surface area contributed by atoms with Crippen LogP contribution in [0.4, 0.5) is 10.1 Å². The summed E-state index contributed by atoms with van der Waals surface area (Å²) in [5.74, 6) is -2.66. The summed E-state index contributed by atoms with van der Waals surface area (Å²) in [5.41, 5.74) is -0.315. The fourth-order valence-electron chi connectivity index (χ4n) is 1.44. The number of halogens is 1. The lowest BCUT2D eigenvalue weighted by atomic mass is 10.1. The van der Waals surface area contributed by atoms with Crippen LogP contribution in [0.25, 0.3) is 0 Å². The smallest absolute Gasteiger partial charge is 0.337 e. The van der Waals surface area contributed by atoms with Gasteiger partial charge >= 0.3 is 5.97 Å². The van der Waals surface area contributed by atoms with Crippen LogP contribution in [0.1, 0.15) is 20.8 Å². The second kappa shape index (κ2) is 4.84. The van der Waals surface area contributed by atoms with E-state index in [9.17, 15) is 14.0 Å². The first-order valence-electron chi connectivity index (χ1n) is 5.18. The summed E-state index contributed by atoms with van der Waals surface area (Å²) in [6, 6.07) is 3.06. The van der Waals surface area contributed by atoms with Gasteiger partial charge < -0.3 is 10.4 Å². The van der Waals surface area contributed by atoms with Gasteiger partial charge in [0, 0.05) is 7.05 Å². The van der Waals surface area contributed by atoms with Crippen LogP contribution in [-0.2, 0) is 7.05 Å². The summed E-state index contributed by atoms with van der Waals surface area (Å²) in [7, 11) is 1.59. The molecular formula is C11H9FN4O3. The van der Waals surface area contributed by atoms with Gasteiger partial charge in [-0.3, -0.25) is 9.48 Å². The van der Waals surface area contributed by atoms with Crippen molar-refractivity contribution in [3.8, 4) is 0 Å². The minimum absolute atomic E-state index is 0.00967. The molecule has 1 aromatic heterocycles. The topological polar surface area (TPSA) is 97.1 Å². The van der Waals surface area contributed by atoms with E-state index in [1.807, 2.05) is 0 Å². The van der Waals surface area contributed by atoms with Gasteiger partial charge in [-0.05, 0) is 18.2 Å². The lowest BCUT2D eigenvalue weighted by Gasteiger charge is -2.06. The van der Waals surface area contributed by atoms with Crippen molar-refractivity contribution < 1.29 is 19.1 Å². The molecule has 0 spiro atoms. The van der Waals surface area contributed by atoms with Crippen LogP contribution in [0.3, 0.4) is 0 Å². The number of hydrogen-bond donors (Lipinski definition) is 2. The maximum atomic E-state index is 13.0. The Balaban J connectivity index is 2.28. The second-order valence-corrected chi connectivity index (χ2v) is 3.73. The number of aryl methyl sites for hydroxylation is 1. The van der Waals surface area contributed by atoms with Gasteiger partial charge in [-0.15, -0.1) is 5.10 Å². The van der Waals surface area contributed by atoms with Gasteiger partial charge in [-0.2, -0.15) is 0 Å². The number of carboxylic acid groups (broad SMARTS) is 1. The molecule has 0 saturated heterocycles. The highest BCUT2D eigenvalue weighted by Gasteiger charge is 2.16. The first-order valence-corrected chi connectivity index (χ1v) is 5.18. The molecule has 0 bridgehead atoms. The number of anilines is 1. The number of aromatic nitrogens is 3. The summed E-state index contributed by atoms with van der Waals surface area (Å²) in [6.07, 6.45) is 1.37. The standard InChI is InChI=1S/C11H9FN4O3/c1-16-5-9(14-15-16)10(17)13-8-3-2-6(12)4-7(8)11(18)19/h2-5H,1H3,(H,13,17)(H,18,19). The number of aromatic carboxylic acids is 1. The molecular weight excluding hydrogens is 255 g/mol. The van der Waals surface area contributed by atoms with E-state index in [1.54, 1.807) is 7.05 Å². The van der Waals surface area contributed by atoms with Crippen molar-refractivity contribution in [3.05, 3.63) is 41.5 Å². The number of nitrogens with one attached hydrogen (secondary N) is 1. The number of nitrogens with zero attached hydrogens (tertiary/aromatic N) is 3. The minimum Gasteiger partial charge on any atom is -0.478 e. The van der Waals surface area contributed by atoms with E-state index >= 15 is 0 Å². The number of benzene rings is 1. The molecule has 1 aromatic carbocycles. The second-order valence-electron chi connectivity index (χ2n) is 3.73. The molecule has 2 N–H and O–H groups in total. The van der Waals surface area contributed by atoms with Gasteiger partial charge in [0.1, 0.15) is 5.82 Å². The Bertz CT molecular complexity index is 653. The largest absolute Gasteiger partial charge is 0.478 e. The fraction of sp³-hybridized carbons (Fsp3) is 0.0909. The molecule has 1 amide bonds. The highest BCUT2D eigenvalue weighted by molar-refractivity contribution is 6.06. The zero-order valence-electron chi connectivity index (χ0n) is 9.79. The Kier molecular flexibility index (Phi) is 3.23. The Labute approximate surface area is 106 Å². The Morgan fingerprint density at radius 1 is 1.42 bits per heavy atom. The molecule has 0 fully saturated rings. The predicted octanol–water partition coefficient (Wildman–Crippen LogP) is 0.905. The van der Waals surface area contributed by atoms with Gasteiger partial charge in [0.05, 0.1) is 17.4 Å². The molecule has 8 heteroatoms.